The minimum atomic E-state index is 0.191. The third kappa shape index (κ3) is 3.55. The van der Waals surface area contributed by atoms with Gasteiger partial charge in [0, 0.05) is 18.4 Å². The maximum absolute atomic E-state index is 5.73. The summed E-state index contributed by atoms with van der Waals surface area (Å²) >= 11 is 0. The number of nitrogens with zero attached hydrogens (tertiary/aromatic N) is 2. The van der Waals surface area contributed by atoms with E-state index in [0.717, 1.165) is 24.6 Å². The smallest absolute Gasteiger partial charge is 0.226 e. The molecule has 2 rings (SSSR count). The van der Waals surface area contributed by atoms with Gasteiger partial charge in [-0.2, -0.15) is 4.98 Å². The Morgan fingerprint density at radius 3 is 2.67 bits per heavy atom. The lowest BCUT2D eigenvalue weighted by Gasteiger charge is -2.32. The number of hydrogen-bond acceptors (Lipinski definition) is 4. The summed E-state index contributed by atoms with van der Waals surface area (Å²) in [5.74, 6) is 2.14. The number of hydrogen-bond donors (Lipinski definition) is 1. The van der Waals surface area contributed by atoms with E-state index in [1.165, 1.54) is 25.7 Å². The van der Waals surface area contributed by atoms with Gasteiger partial charge in [0.05, 0.1) is 0 Å². The van der Waals surface area contributed by atoms with Crippen molar-refractivity contribution in [2.45, 2.75) is 71.3 Å². The van der Waals surface area contributed by atoms with Crippen LogP contribution in [-0.4, -0.2) is 16.2 Å². The van der Waals surface area contributed by atoms with Crippen molar-refractivity contribution in [1.29, 1.82) is 0 Å². The van der Waals surface area contributed by atoms with E-state index in [1.807, 2.05) is 6.92 Å². The molecule has 1 unspecified atom stereocenters. The number of aryl methyl sites for hydroxylation is 1. The highest BCUT2D eigenvalue weighted by Gasteiger charge is 2.30. The first-order valence-corrected chi connectivity index (χ1v) is 7.04. The number of nitrogens with two attached hydrogens (primary N) is 1. The summed E-state index contributed by atoms with van der Waals surface area (Å²) in [6, 6.07) is 0.191. The van der Waals surface area contributed by atoms with E-state index in [4.69, 9.17) is 10.3 Å². The molecule has 1 aromatic heterocycles. The van der Waals surface area contributed by atoms with Crippen LogP contribution in [0.3, 0.4) is 0 Å². The lowest BCUT2D eigenvalue weighted by atomic mass is 9.73. The van der Waals surface area contributed by atoms with Crippen LogP contribution in [0.5, 0.6) is 0 Å². The maximum atomic E-state index is 5.73. The van der Waals surface area contributed by atoms with Crippen molar-refractivity contribution in [2.75, 3.05) is 0 Å². The van der Waals surface area contributed by atoms with Crippen molar-refractivity contribution < 1.29 is 4.52 Å². The van der Waals surface area contributed by atoms with Gasteiger partial charge in [-0.3, -0.25) is 0 Å². The molecular weight excluding hydrogens is 226 g/mol. The van der Waals surface area contributed by atoms with Crippen LogP contribution in [0.15, 0.2) is 4.52 Å². The molecule has 4 heteroatoms. The fourth-order valence-electron chi connectivity index (χ4n) is 2.54. The molecule has 102 valence electrons. The summed E-state index contributed by atoms with van der Waals surface area (Å²) in [4.78, 5) is 4.52. The molecule has 1 saturated carbocycles. The van der Waals surface area contributed by atoms with E-state index in [0.29, 0.717) is 11.3 Å². The van der Waals surface area contributed by atoms with E-state index in [2.05, 4.69) is 24.0 Å². The summed E-state index contributed by atoms with van der Waals surface area (Å²) in [7, 11) is 0. The van der Waals surface area contributed by atoms with Gasteiger partial charge in [0.1, 0.15) is 0 Å². The second kappa shape index (κ2) is 5.39. The number of rotatable bonds is 4. The Labute approximate surface area is 109 Å². The molecule has 0 aromatic carbocycles. The van der Waals surface area contributed by atoms with Crippen molar-refractivity contribution in [3.63, 3.8) is 0 Å². The van der Waals surface area contributed by atoms with Crippen LogP contribution in [-0.2, 0) is 6.42 Å². The third-order valence-electron chi connectivity index (χ3n) is 4.00. The maximum Gasteiger partial charge on any atom is 0.226 e. The first kappa shape index (κ1) is 13.5. The topological polar surface area (TPSA) is 64.9 Å². The molecule has 0 aliphatic heterocycles. The minimum Gasteiger partial charge on any atom is -0.339 e. The molecule has 1 heterocycles. The van der Waals surface area contributed by atoms with Gasteiger partial charge in [-0.1, -0.05) is 19.0 Å². The van der Waals surface area contributed by atoms with Crippen LogP contribution in [0.2, 0.25) is 0 Å². The normalized spacial score (nSPS) is 22.0. The van der Waals surface area contributed by atoms with Crippen molar-refractivity contribution in [3.05, 3.63) is 11.7 Å². The zero-order valence-corrected chi connectivity index (χ0v) is 11.8. The Kier molecular flexibility index (Phi) is 4.05. The third-order valence-corrected chi connectivity index (χ3v) is 4.00. The predicted octanol–water partition coefficient (Wildman–Crippen LogP) is 3.03. The van der Waals surface area contributed by atoms with E-state index in [-0.39, 0.29) is 6.04 Å². The molecule has 0 amide bonds. The second-order valence-electron chi connectivity index (χ2n) is 6.50. The second-order valence-corrected chi connectivity index (χ2v) is 6.50. The summed E-state index contributed by atoms with van der Waals surface area (Å²) in [5, 5.41) is 4.14. The molecule has 1 aliphatic carbocycles. The lowest BCUT2D eigenvalue weighted by molar-refractivity contribution is 0.218. The minimum absolute atomic E-state index is 0.191. The van der Waals surface area contributed by atoms with Gasteiger partial charge in [0.25, 0.3) is 0 Å². The molecule has 0 radical (unpaired) electrons. The van der Waals surface area contributed by atoms with Crippen LogP contribution in [0, 0.1) is 5.41 Å². The highest BCUT2D eigenvalue weighted by Crippen LogP contribution is 2.41. The molecule has 0 spiro atoms. The summed E-state index contributed by atoms with van der Waals surface area (Å²) in [6.45, 7) is 6.68. The van der Waals surface area contributed by atoms with Crippen LogP contribution < -0.4 is 5.73 Å². The molecule has 18 heavy (non-hydrogen) atoms. The Morgan fingerprint density at radius 1 is 1.39 bits per heavy atom. The van der Waals surface area contributed by atoms with E-state index in [1.54, 1.807) is 0 Å². The van der Waals surface area contributed by atoms with Crippen molar-refractivity contribution >= 4 is 0 Å². The average Bonchev–Trinajstić information content (AvgIpc) is 2.75. The molecule has 4 nitrogen and oxygen atoms in total. The largest absolute Gasteiger partial charge is 0.339 e. The van der Waals surface area contributed by atoms with Gasteiger partial charge in [-0.15, -0.1) is 0 Å². The first-order valence-electron chi connectivity index (χ1n) is 7.04. The van der Waals surface area contributed by atoms with Crippen molar-refractivity contribution in [1.82, 2.24) is 10.1 Å². The van der Waals surface area contributed by atoms with Crippen molar-refractivity contribution in [2.24, 2.45) is 11.1 Å². The quantitative estimate of drug-likeness (QED) is 0.893. The molecule has 1 fully saturated rings. The lowest BCUT2D eigenvalue weighted by Crippen LogP contribution is -2.20. The molecule has 1 aromatic rings. The number of aromatic nitrogens is 2. The van der Waals surface area contributed by atoms with E-state index >= 15 is 0 Å². The van der Waals surface area contributed by atoms with Gasteiger partial charge in [0.15, 0.2) is 5.82 Å². The van der Waals surface area contributed by atoms with Crippen LogP contribution >= 0.6 is 0 Å². The van der Waals surface area contributed by atoms with Crippen LogP contribution in [0.4, 0.5) is 0 Å². The zero-order chi connectivity index (χ0) is 13.2. The summed E-state index contributed by atoms with van der Waals surface area (Å²) < 4.78 is 5.30. The van der Waals surface area contributed by atoms with Gasteiger partial charge in [0.2, 0.25) is 5.89 Å². The molecule has 1 atom stereocenters. The Hall–Kier alpha value is -0.900. The van der Waals surface area contributed by atoms with Crippen LogP contribution in [0.25, 0.3) is 0 Å². The fourth-order valence-corrected chi connectivity index (χ4v) is 2.54. The Bertz CT molecular complexity index is 374. The average molecular weight is 251 g/mol. The SMILES string of the molecule is CC(N)CCc1nc(C2CCC(C)(C)CC2)no1. The standard InChI is InChI=1S/C14H25N3O/c1-10(15)4-5-12-16-13(17-18-12)11-6-8-14(2,3)9-7-11/h10-11H,4-9,15H2,1-3H3. The molecule has 0 saturated heterocycles. The highest BCUT2D eigenvalue weighted by molar-refractivity contribution is 4.99. The molecular formula is C14H25N3O. The summed E-state index contributed by atoms with van der Waals surface area (Å²) in [5.41, 5.74) is 6.21. The fraction of sp³-hybridized carbons (Fsp3) is 0.857. The van der Waals surface area contributed by atoms with Gasteiger partial charge >= 0.3 is 0 Å². The molecule has 1 aliphatic rings. The molecule has 0 bridgehead atoms. The predicted molar refractivity (Wildman–Crippen MR) is 71.3 cm³/mol. The highest BCUT2D eigenvalue weighted by atomic mass is 16.5. The molecule has 2 N–H and O–H groups in total. The summed E-state index contributed by atoms with van der Waals surface area (Å²) in [6.07, 6.45) is 6.56. The Balaban J connectivity index is 1.90. The van der Waals surface area contributed by atoms with Crippen LogP contribution in [0.1, 0.15) is 70.5 Å². The van der Waals surface area contributed by atoms with Crippen molar-refractivity contribution in [3.8, 4) is 0 Å². The Morgan fingerprint density at radius 2 is 2.06 bits per heavy atom. The van der Waals surface area contributed by atoms with E-state index in [9.17, 15) is 0 Å². The van der Waals surface area contributed by atoms with Gasteiger partial charge in [-0.05, 0) is 44.4 Å². The van der Waals surface area contributed by atoms with E-state index < -0.39 is 0 Å². The monoisotopic (exact) mass is 251 g/mol. The first-order chi connectivity index (χ1) is 8.46. The van der Waals surface area contributed by atoms with Gasteiger partial charge < -0.3 is 10.3 Å². The van der Waals surface area contributed by atoms with Gasteiger partial charge in [-0.25, -0.2) is 0 Å². The zero-order valence-electron chi connectivity index (χ0n) is 11.8.